The van der Waals surface area contributed by atoms with Gasteiger partial charge in [0, 0.05) is 18.2 Å². The summed E-state index contributed by atoms with van der Waals surface area (Å²) in [5, 5.41) is 12.9. The SMILES string of the molecule is NC1CCCCC1C(=O)Nc1cc([N+](=O)[O-])c(F)cc1F. The normalized spacial score (nSPS) is 21.9. The smallest absolute Gasteiger partial charge is 0.307 e. The van der Waals surface area contributed by atoms with Gasteiger partial charge in [-0.25, -0.2) is 4.39 Å². The Bertz CT molecular complexity index is 580. The zero-order chi connectivity index (χ0) is 15.6. The molecule has 1 amide bonds. The number of halogens is 2. The van der Waals surface area contributed by atoms with Crippen molar-refractivity contribution in [3.63, 3.8) is 0 Å². The number of carbonyl (C=O) groups excluding carboxylic acids is 1. The average molecular weight is 299 g/mol. The summed E-state index contributed by atoms with van der Waals surface area (Å²) in [6.45, 7) is 0. The fraction of sp³-hybridized carbons (Fsp3) is 0.462. The molecule has 21 heavy (non-hydrogen) atoms. The lowest BCUT2D eigenvalue weighted by molar-refractivity contribution is -0.387. The van der Waals surface area contributed by atoms with Crippen LogP contribution in [0.1, 0.15) is 25.7 Å². The second-order valence-corrected chi connectivity index (χ2v) is 5.08. The molecular weight excluding hydrogens is 284 g/mol. The van der Waals surface area contributed by atoms with Crippen LogP contribution in [0.3, 0.4) is 0 Å². The van der Waals surface area contributed by atoms with E-state index < -0.39 is 39.8 Å². The minimum atomic E-state index is -1.29. The van der Waals surface area contributed by atoms with Gasteiger partial charge in [0.25, 0.3) is 0 Å². The van der Waals surface area contributed by atoms with E-state index in [1.807, 2.05) is 0 Å². The van der Waals surface area contributed by atoms with Crippen LogP contribution >= 0.6 is 0 Å². The van der Waals surface area contributed by atoms with Crippen LogP contribution in [0.5, 0.6) is 0 Å². The first kappa shape index (κ1) is 15.3. The number of benzene rings is 1. The zero-order valence-corrected chi connectivity index (χ0v) is 11.1. The Morgan fingerprint density at radius 3 is 2.57 bits per heavy atom. The van der Waals surface area contributed by atoms with Crippen LogP contribution in [0.25, 0.3) is 0 Å². The molecule has 0 aromatic heterocycles. The Labute approximate surface area is 119 Å². The third-order valence-corrected chi connectivity index (χ3v) is 3.65. The Balaban J connectivity index is 2.20. The van der Waals surface area contributed by atoms with Gasteiger partial charge in [0.1, 0.15) is 5.82 Å². The van der Waals surface area contributed by atoms with Gasteiger partial charge in [-0.2, -0.15) is 4.39 Å². The Kier molecular flexibility index (Phi) is 4.46. The highest BCUT2D eigenvalue weighted by molar-refractivity contribution is 5.93. The average Bonchev–Trinajstić information content (AvgIpc) is 2.41. The maximum atomic E-state index is 13.6. The van der Waals surface area contributed by atoms with Crippen molar-refractivity contribution in [1.82, 2.24) is 0 Å². The van der Waals surface area contributed by atoms with Crippen molar-refractivity contribution < 1.29 is 18.5 Å². The Morgan fingerprint density at radius 1 is 1.29 bits per heavy atom. The molecule has 0 saturated heterocycles. The predicted molar refractivity (Wildman–Crippen MR) is 71.6 cm³/mol. The molecule has 1 aliphatic rings. The summed E-state index contributed by atoms with van der Waals surface area (Å²) in [5.41, 5.74) is 4.55. The summed E-state index contributed by atoms with van der Waals surface area (Å²) >= 11 is 0. The van der Waals surface area contributed by atoms with Gasteiger partial charge in [-0.15, -0.1) is 0 Å². The van der Waals surface area contributed by atoms with Gasteiger partial charge in [0.15, 0.2) is 0 Å². The molecule has 114 valence electrons. The molecule has 2 unspecified atom stereocenters. The van der Waals surface area contributed by atoms with Crippen LogP contribution in [0.15, 0.2) is 12.1 Å². The van der Waals surface area contributed by atoms with Gasteiger partial charge in [-0.3, -0.25) is 14.9 Å². The molecule has 1 saturated carbocycles. The number of carbonyl (C=O) groups is 1. The fourth-order valence-electron chi connectivity index (χ4n) is 2.48. The predicted octanol–water partition coefficient (Wildman–Crippen LogP) is 2.33. The van der Waals surface area contributed by atoms with Crippen molar-refractivity contribution in [2.75, 3.05) is 5.32 Å². The fourth-order valence-corrected chi connectivity index (χ4v) is 2.48. The molecule has 8 heteroatoms. The van der Waals surface area contributed by atoms with Crippen molar-refractivity contribution >= 4 is 17.3 Å². The van der Waals surface area contributed by atoms with E-state index in [0.717, 1.165) is 12.8 Å². The molecule has 1 aromatic rings. The van der Waals surface area contributed by atoms with Crippen LogP contribution in [-0.2, 0) is 4.79 Å². The Morgan fingerprint density at radius 2 is 1.95 bits per heavy atom. The highest BCUT2D eigenvalue weighted by Gasteiger charge is 2.29. The number of nitrogens with zero attached hydrogens (tertiary/aromatic N) is 1. The van der Waals surface area contributed by atoms with Gasteiger partial charge < -0.3 is 11.1 Å². The summed E-state index contributed by atoms with van der Waals surface area (Å²) in [4.78, 5) is 21.7. The zero-order valence-electron chi connectivity index (χ0n) is 11.1. The van der Waals surface area contributed by atoms with Crippen LogP contribution in [0.4, 0.5) is 20.2 Å². The van der Waals surface area contributed by atoms with E-state index in [9.17, 15) is 23.7 Å². The molecule has 0 aliphatic heterocycles. The number of nitrogens with two attached hydrogens (primary N) is 1. The molecule has 3 N–H and O–H groups in total. The van der Waals surface area contributed by atoms with Crippen molar-refractivity contribution in [2.45, 2.75) is 31.7 Å². The quantitative estimate of drug-likeness (QED) is 0.661. The number of nitro groups is 1. The molecule has 2 rings (SSSR count). The minimum Gasteiger partial charge on any atom is -0.327 e. The molecule has 1 aliphatic carbocycles. The van der Waals surface area contributed by atoms with Crippen molar-refractivity contribution in [2.24, 2.45) is 11.7 Å². The second-order valence-electron chi connectivity index (χ2n) is 5.08. The summed E-state index contributed by atoms with van der Waals surface area (Å²) in [5.74, 6) is -3.31. The number of nitrogens with one attached hydrogen (secondary N) is 1. The number of nitro benzene ring substituents is 1. The van der Waals surface area contributed by atoms with E-state index in [-0.39, 0.29) is 6.04 Å². The molecule has 0 heterocycles. The van der Waals surface area contributed by atoms with Gasteiger partial charge in [0.2, 0.25) is 11.7 Å². The maximum Gasteiger partial charge on any atom is 0.307 e. The third-order valence-electron chi connectivity index (χ3n) is 3.65. The highest BCUT2D eigenvalue weighted by Crippen LogP contribution is 2.28. The lowest BCUT2D eigenvalue weighted by atomic mass is 9.84. The molecule has 1 aromatic carbocycles. The van der Waals surface area contributed by atoms with Crippen LogP contribution < -0.4 is 11.1 Å². The molecule has 6 nitrogen and oxygen atoms in total. The summed E-state index contributed by atoms with van der Waals surface area (Å²) in [6, 6.07) is 0.739. The maximum absolute atomic E-state index is 13.6. The first-order valence-corrected chi connectivity index (χ1v) is 6.60. The van der Waals surface area contributed by atoms with Crippen LogP contribution in [0.2, 0.25) is 0 Å². The number of anilines is 1. The van der Waals surface area contributed by atoms with Gasteiger partial charge in [-0.05, 0) is 12.8 Å². The van der Waals surface area contributed by atoms with E-state index in [0.29, 0.717) is 25.0 Å². The van der Waals surface area contributed by atoms with E-state index in [4.69, 9.17) is 5.73 Å². The lowest BCUT2D eigenvalue weighted by Gasteiger charge is -2.27. The topological polar surface area (TPSA) is 98.3 Å². The van der Waals surface area contributed by atoms with Crippen molar-refractivity contribution in [3.05, 3.63) is 33.9 Å². The molecule has 0 bridgehead atoms. The number of rotatable bonds is 3. The van der Waals surface area contributed by atoms with Gasteiger partial charge in [-0.1, -0.05) is 12.8 Å². The summed E-state index contributed by atoms with van der Waals surface area (Å²) in [6.07, 6.45) is 3.06. The second kappa shape index (κ2) is 6.13. The van der Waals surface area contributed by atoms with E-state index in [1.54, 1.807) is 0 Å². The van der Waals surface area contributed by atoms with Gasteiger partial charge in [0.05, 0.1) is 16.5 Å². The first-order chi connectivity index (χ1) is 9.90. The van der Waals surface area contributed by atoms with Crippen molar-refractivity contribution in [3.8, 4) is 0 Å². The Hall–Kier alpha value is -2.09. The lowest BCUT2D eigenvalue weighted by Crippen LogP contribution is -2.40. The summed E-state index contributed by atoms with van der Waals surface area (Å²) in [7, 11) is 0. The standard InChI is InChI=1S/C13H15F2N3O3/c14-8-5-9(15)12(18(20)21)6-11(8)17-13(19)7-3-1-2-4-10(7)16/h5-7,10H,1-4,16H2,(H,17,19). The van der Waals surface area contributed by atoms with E-state index >= 15 is 0 Å². The molecule has 0 spiro atoms. The molecule has 1 fully saturated rings. The van der Waals surface area contributed by atoms with Crippen molar-refractivity contribution in [1.29, 1.82) is 0 Å². The molecular formula is C13H15F2N3O3. The molecule has 0 radical (unpaired) electrons. The van der Waals surface area contributed by atoms with E-state index in [1.165, 1.54) is 0 Å². The van der Waals surface area contributed by atoms with Crippen LogP contribution in [0, 0.1) is 27.7 Å². The molecule has 2 atom stereocenters. The first-order valence-electron chi connectivity index (χ1n) is 6.60. The highest BCUT2D eigenvalue weighted by atomic mass is 19.1. The van der Waals surface area contributed by atoms with Gasteiger partial charge >= 0.3 is 5.69 Å². The number of hydrogen-bond donors (Lipinski definition) is 2. The summed E-state index contributed by atoms with van der Waals surface area (Å²) < 4.78 is 26.8. The monoisotopic (exact) mass is 299 g/mol. The van der Waals surface area contributed by atoms with Crippen LogP contribution in [-0.4, -0.2) is 16.9 Å². The third kappa shape index (κ3) is 3.33. The number of amides is 1. The number of hydrogen-bond acceptors (Lipinski definition) is 4. The van der Waals surface area contributed by atoms with E-state index in [2.05, 4.69) is 5.32 Å². The minimum absolute atomic E-state index is 0.322. The largest absolute Gasteiger partial charge is 0.327 e.